The van der Waals surface area contributed by atoms with Gasteiger partial charge in [-0.2, -0.15) is 0 Å². The number of likely N-dealkylation sites (tertiary alicyclic amines) is 1. The molecule has 4 aromatic rings. The summed E-state index contributed by atoms with van der Waals surface area (Å²) in [6.45, 7) is 1.08. The quantitative estimate of drug-likeness (QED) is 0.355. The summed E-state index contributed by atoms with van der Waals surface area (Å²) >= 11 is 0. The van der Waals surface area contributed by atoms with E-state index in [9.17, 15) is 0 Å². The van der Waals surface area contributed by atoms with Gasteiger partial charge >= 0.3 is 0 Å². The van der Waals surface area contributed by atoms with Crippen molar-refractivity contribution >= 4 is 0 Å². The van der Waals surface area contributed by atoms with E-state index in [1.54, 1.807) is 0 Å². The number of benzene rings is 4. The van der Waals surface area contributed by atoms with Crippen molar-refractivity contribution in [3.05, 3.63) is 144 Å². The molecule has 0 aliphatic carbocycles. The second-order valence-electron chi connectivity index (χ2n) is 8.12. The van der Waals surface area contributed by atoms with Crippen molar-refractivity contribution in [2.45, 2.75) is 24.4 Å². The second kappa shape index (κ2) is 8.69. The van der Waals surface area contributed by atoms with Crippen molar-refractivity contribution in [3.8, 4) is 0 Å². The third kappa shape index (κ3) is 3.69. The number of hydrogen-bond acceptors (Lipinski definition) is 1. The molecule has 1 aliphatic rings. The van der Waals surface area contributed by atoms with Crippen LogP contribution in [0.4, 0.5) is 0 Å². The van der Waals surface area contributed by atoms with Crippen LogP contribution in [0.15, 0.2) is 121 Å². The summed E-state index contributed by atoms with van der Waals surface area (Å²) in [7, 11) is 0. The highest BCUT2D eigenvalue weighted by atomic mass is 15.2. The van der Waals surface area contributed by atoms with Crippen LogP contribution in [0, 0.1) is 0 Å². The molecule has 0 bridgehead atoms. The van der Waals surface area contributed by atoms with Crippen LogP contribution in [-0.2, 0) is 0 Å². The molecule has 1 saturated heterocycles. The molecule has 148 valence electrons. The van der Waals surface area contributed by atoms with E-state index in [4.69, 9.17) is 0 Å². The molecule has 1 nitrogen and oxygen atoms in total. The maximum absolute atomic E-state index is 2.72. The first-order valence-electron chi connectivity index (χ1n) is 10.9. The summed E-state index contributed by atoms with van der Waals surface area (Å²) in [4.78, 5) is 2.72. The van der Waals surface area contributed by atoms with Crippen LogP contribution in [0.3, 0.4) is 0 Å². The Kier molecular flexibility index (Phi) is 5.46. The van der Waals surface area contributed by atoms with Gasteiger partial charge in [-0.05, 0) is 28.7 Å². The lowest BCUT2D eigenvalue weighted by Gasteiger charge is -2.36. The van der Waals surface area contributed by atoms with Gasteiger partial charge < -0.3 is 0 Å². The Labute approximate surface area is 179 Å². The molecule has 0 amide bonds. The molecule has 1 heteroatoms. The lowest BCUT2D eigenvalue weighted by Crippen LogP contribution is -2.30. The Morgan fingerprint density at radius 2 is 0.967 bits per heavy atom. The molecule has 30 heavy (non-hydrogen) atoms. The molecule has 0 spiro atoms. The first-order chi connectivity index (χ1) is 14.9. The van der Waals surface area contributed by atoms with Gasteiger partial charge in [-0.15, -0.1) is 0 Å². The highest BCUT2D eigenvalue weighted by Gasteiger charge is 2.40. The average molecular weight is 390 g/mol. The number of nitrogens with zero attached hydrogens (tertiary/aromatic N) is 1. The standard InChI is InChI=1S/C29H27N/c1-5-13-23(14-6-1)27-21-22-30(29(27)26-19-11-4-12-20-26)28(24-15-7-2-8-16-24)25-17-9-3-10-18-25/h1-20,27-29H,21-22H2. The summed E-state index contributed by atoms with van der Waals surface area (Å²) in [6.07, 6.45) is 1.17. The Morgan fingerprint density at radius 3 is 1.47 bits per heavy atom. The van der Waals surface area contributed by atoms with Gasteiger partial charge in [-0.3, -0.25) is 4.90 Å². The molecular weight excluding hydrogens is 362 g/mol. The molecule has 2 unspecified atom stereocenters. The topological polar surface area (TPSA) is 3.24 Å². The Morgan fingerprint density at radius 1 is 0.533 bits per heavy atom. The number of rotatable bonds is 5. The Hall–Kier alpha value is -3.16. The monoisotopic (exact) mass is 389 g/mol. The van der Waals surface area contributed by atoms with Gasteiger partial charge in [0, 0.05) is 18.5 Å². The number of hydrogen-bond donors (Lipinski definition) is 0. The van der Waals surface area contributed by atoms with Crippen LogP contribution in [-0.4, -0.2) is 11.4 Å². The fourth-order valence-electron chi connectivity index (χ4n) is 5.08. The summed E-state index contributed by atoms with van der Waals surface area (Å²) in [5, 5.41) is 0. The first-order valence-corrected chi connectivity index (χ1v) is 10.9. The molecule has 0 radical (unpaired) electrons. The smallest absolute Gasteiger partial charge is 0.0607 e. The van der Waals surface area contributed by atoms with E-state index in [-0.39, 0.29) is 6.04 Å². The summed E-state index contributed by atoms with van der Waals surface area (Å²) in [5.41, 5.74) is 5.56. The molecule has 2 atom stereocenters. The molecule has 0 saturated carbocycles. The van der Waals surface area contributed by atoms with Crippen LogP contribution in [0.25, 0.3) is 0 Å². The minimum absolute atomic E-state index is 0.242. The normalized spacial score (nSPS) is 19.2. The highest BCUT2D eigenvalue weighted by Crippen LogP contribution is 2.48. The third-order valence-electron chi connectivity index (χ3n) is 6.37. The van der Waals surface area contributed by atoms with Crippen molar-refractivity contribution < 1.29 is 0 Å². The molecule has 4 aromatic carbocycles. The van der Waals surface area contributed by atoms with Crippen LogP contribution in [0.2, 0.25) is 0 Å². The van der Waals surface area contributed by atoms with Crippen LogP contribution >= 0.6 is 0 Å². The summed E-state index contributed by atoms with van der Waals surface area (Å²) in [5.74, 6) is 0.489. The molecule has 1 aliphatic heterocycles. The zero-order valence-electron chi connectivity index (χ0n) is 17.1. The van der Waals surface area contributed by atoms with Gasteiger partial charge in [-0.25, -0.2) is 0 Å². The van der Waals surface area contributed by atoms with Gasteiger partial charge in [-0.1, -0.05) is 121 Å². The van der Waals surface area contributed by atoms with E-state index in [1.165, 1.54) is 28.7 Å². The lowest BCUT2D eigenvalue weighted by atomic mass is 9.86. The third-order valence-corrected chi connectivity index (χ3v) is 6.37. The highest BCUT2D eigenvalue weighted by molar-refractivity contribution is 5.36. The molecule has 1 fully saturated rings. The largest absolute Gasteiger partial charge is 0.285 e. The zero-order valence-corrected chi connectivity index (χ0v) is 17.1. The lowest BCUT2D eigenvalue weighted by molar-refractivity contribution is 0.200. The van der Waals surface area contributed by atoms with Crippen LogP contribution in [0.1, 0.15) is 46.7 Å². The minimum atomic E-state index is 0.242. The molecule has 0 aromatic heterocycles. The van der Waals surface area contributed by atoms with E-state index < -0.39 is 0 Å². The summed E-state index contributed by atoms with van der Waals surface area (Å²) < 4.78 is 0. The fourth-order valence-corrected chi connectivity index (χ4v) is 5.08. The molecular formula is C29H27N. The van der Waals surface area contributed by atoms with E-state index in [0.29, 0.717) is 12.0 Å². The average Bonchev–Trinajstić information content (AvgIpc) is 3.26. The van der Waals surface area contributed by atoms with Crippen molar-refractivity contribution in [3.63, 3.8) is 0 Å². The Bertz CT molecular complexity index is 1010. The van der Waals surface area contributed by atoms with E-state index in [1.807, 2.05) is 0 Å². The van der Waals surface area contributed by atoms with Crippen molar-refractivity contribution in [2.24, 2.45) is 0 Å². The van der Waals surface area contributed by atoms with Crippen LogP contribution < -0.4 is 0 Å². The van der Waals surface area contributed by atoms with E-state index >= 15 is 0 Å². The fraction of sp³-hybridized carbons (Fsp3) is 0.172. The van der Waals surface area contributed by atoms with Gasteiger partial charge in [0.15, 0.2) is 0 Å². The maximum Gasteiger partial charge on any atom is 0.0607 e. The van der Waals surface area contributed by atoms with E-state index in [0.717, 1.165) is 6.54 Å². The van der Waals surface area contributed by atoms with Crippen molar-refractivity contribution in [1.29, 1.82) is 0 Å². The predicted octanol–water partition coefficient (Wildman–Crippen LogP) is 7.01. The van der Waals surface area contributed by atoms with Gasteiger partial charge in [0.05, 0.1) is 6.04 Å². The van der Waals surface area contributed by atoms with Gasteiger partial charge in [0.2, 0.25) is 0 Å². The predicted molar refractivity (Wildman–Crippen MR) is 124 cm³/mol. The SMILES string of the molecule is c1ccc(C2CCN(C(c3ccccc3)c3ccccc3)C2c2ccccc2)cc1. The minimum Gasteiger partial charge on any atom is -0.285 e. The van der Waals surface area contributed by atoms with Crippen molar-refractivity contribution in [2.75, 3.05) is 6.54 Å². The maximum atomic E-state index is 2.72. The second-order valence-corrected chi connectivity index (χ2v) is 8.12. The molecule has 1 heterocycles. The Balaban J connectivity index is 1.63. The van der Waals surface area contributed by atoms with Gasteiger partial charge in [0.1, 0.15) is 0 Å². The van der Waals surface area contributed by atoms with Crippen molar-refractivity contribution in [1.82, 2.24) is 4.90 Å². The van der Waals surface area contributed by atoms with Gasteiger partial charge in [0.25, 0.3) is 0 Å². The first kappa shape index (κ1) is 18.8. The zero-order chi connectivity index (χ0) is 20.2. The van der Waals surface area contributed by atoms with E-state index in [2.05, 4.69) is 126 Å². The van der Waals surface area contributed by atoms with Crippen LogP contribution in [0.5, 0.6) is 0 Å². The summed E-state index contributed by atoms with van der Waals surface area (Å²) in [6, 6.07) is 44.7. The molecule has 0 N–H and O–H groups in total. The molecule has 5 rings (SSSR count).